The molecule has 6 fully saturated rings. The number of piperidine rings is 4. The molecule has 0 bridgehead atoms. The molecule has 47 heavy (non-hydrogen) atoms. The molecule has 0 unspecified atom stereocenters. The fraction of sp³-hybridized carbons (Fsp3) is 1.00. The monoisotopic (exact) mass is 661 g/mol. The molecule has 6 heterocycles. The van der Waals surface area contributed by atoms with Gasteiger partial charge in [0.15, 0.2) is 0 Å². The third-order valence-corrected chi connectivity index (χ3v) is 12.7. The van der Waals surface area contributed by atoms with Crippen LogP contribution in [0.2, 0.25) is 0 Å². The highest BCUT2D eigenvalue weighted by Crippen LogP contribution is 2.42. The van der Waals surface area contributed by atoms with Gasteiger partial charge in [0.25, 0.3) is 0 Å². The maximum Gasteiger partial charge on any atom is 0.00541 e. The zero-order valence-corrected chi connectivity index (χ0v) is 33.7. The first kappa shape index (κ1) is 41.2. The van der Waals surface area contributed by atoms with E-state index in [1.54, 1.807) is 0 Å². The van der Waals surface area contributed by atoms with Crippen LogP contribution in [0.25, 0.3) is 0 Å². The van der Waals surface area contributed by atoms with Crippen molar-refractivity contribution in [3.05, 3.63) is 0 Å². The fourth-order valence-electron chi connectivity index (χ4n) is 9.56. The van der Waals surface area contributed by atoms with Gasteiger partial charge in [-0.1, -0.05) is 48.5 Å². The first-order valence-electron chi connectivity index (χ1n) is 21.0. The van der Waals surface area contributed by atoms with Crippen LogP contribution in [0.1, 0.15) is 120 Å². The van der Waals surface area contributed by atoms with E-state index in [1.807, 2.05) is 27.7 Å². The summed E-state index contributed by atoms with van der Waals surface area (Å²) >= 11 is 0. The molecule has 0 aromatic heterocycles. The molecule has 0 N–H and O–H groups in total. The summed E-state index contributed by atoms with van der Waals surface area (Å²) in [5, 5.41) is 0. The molecule has 6 nitrogen and oxygen atoms in total. The van der Waals surface area contributed by atoms with E-state index < -0.39 is 0 Å². The van der Waals surface area contributed by atoms with Crippen molar-refractivity contribution in [3.8, 4) is 0 Å². The molecule has 6 heteroatoms. The van der Waals surface area contributed by atoms with Crippen LogP contribution in [0.4, 0.5) is 0 Å². The molecule has 0 aliphatic carbocycles. The maximum atomic E-state index is 2.77. The minimum absolute atomic E-state index is 0.702. The van der Waals surface area contributed by atoms with Crippen molar-refractivity contribution in [3.63, 3.8) is 0 Å². The normalized spacial score (nSPS) is 26.6. The second kappa shape index (κ2) is 20.6. The SMILES string of the molecule is CC.CC.CC(C)CN1CCC(CN2CCC3(CC2)CN(C)C3)CC1.CCN1CCC(CCN2CCC3(CC2)CN(C(C)C)C3)CC1. The number of likely N-dealkylation sites (tertiary alicyclic amines) is 6. The standard InChI is InChI=1S/C19H37N3.C18H35N3.2C2H6/c1-4-20-10-5-18(6-11-20)7-12-21-13-8-19(9-14-21)15-22(16-19)17(2)3;1-16(2)12-20-8-4-17(5-9-20)13-21-10-6-18(7-11-21)14-19(3)15-18;2*1-2/h17-18H,4-16H2,1-3H3;16-17H,4-15H2,1-3H3;2*1-2H3. The van der Waals surface area contributed by atoms with Gasteiger partial charge in [0.1, 0.15) is 0 Å². The van der Waals surface area contributed by atoms with Crippen LogP contribution in [-0.2, 0) is 0 Å². The largest absolute Gasteiger partial charge is 0.305 e. The van der Waals surface area contributed by atoms with Crippen LogP contribution in [0.3, 0.4) is 0 Å². The summed E-state index contributed by atoms with van der Waals surface area (Å²) in [7, 11) is 2.27. The predicted molar refractivity (Wildman–Crippen MR) is 207 cm³/mol. The quantitative estimate of drug-likeness (QED) is 0.256. The maximum absolute atomic E-state index is 2.77. The van der Waals surface area contributed by atoms with E-state index in [0.29, 0.717) is 10.8 Å². The summed E-state index contributed by atoms with van der Waals surface area (Å²) in [5.74, 6) is 2.78. The highest BCUT2D eigenvalue weighted by molar-refractivity contribution is 4.99. The van der Waals surface area contributed by atoms with Crippen molar-refractivity contribution in [1.82, 2.24) is 29.4 Å². The van der Waals surface area contributed by atoms with Crippen molar-refractivity contribution < 1.29 is 0 Å². The van der Waals surface area contributed by atoms with Gasteiger partial charge in [-0.2, -0.15) is 0 Å². The van der Waals surface area contributed by atoms with Gasteiger partial charge in [0, 0.05) is 45.3 Å². The summed E-state index contributed by atoms with van der Waals surface area (Å²) in [6.07, 6.45) is 13.0. The minimum atomic E-state index is 0.702. The molecule has 6 aliphatic heterocycles. The first-order chi connectivity index (χ1) is 22.6. The molecule has 2 spiro atoms. The lowest BCUT2D eigenvalue weighted by Crippen LogP contribution is -2.62. The van der Waals surface area contributed by atoms with Crippen LogP contribution < -0.4 is 0 Å². The zero-order valence-electron chi connectivity index (χ0n) is 33.7. The van der Waals surface area contributed by atoms with Gasteiger partial charge in [-0.3, -0.25) is 4.90 Å². The summed E-state index contributed by atoms with van der Waals surface area (Å²) in [5.41, 5.74) is 1.42. The van der Waals surface area contributed by atoms with Gasteiger partial charge >= 0.3 is 0 Å². The van der Waals surface area contributed by atoms with Crippen molar-refractivity contribution >= 4 is 0 Å². The highest BCUT2D eigenvalue weighted by atomic mass is 15.2. The average Bonchev–Trinajstić information content (AvgIpc) is 3.06. The van der Waals surface area contributed by atoms with Gasteiger partial charge in [0.05, 0.1) is 0 Å². The van der Waals surface area contributed by atoms with E-state index in [2.05, 4.69) is 71.1 Å². The number of nitrogens with zero attached hydrogens (tertiary/aromatic N) is 6. The molecule has 278 valence electrons. The number of hydrogen-bond donors (Lipinski definition) is 0. The molecule has 6 saturated heterocycles. The van der Waals surface area contributed by atoms with Crippen molar-refractivity contribution in [2.24, 2.45) is 28.6 Å². The Kier molecular flexibility index (Phi) is 18.0. The summed E-state index contributed by atoms with van der Waals surface area (Å²) < 4.78 is 0. The predicted octanol–water partition coefficient (Wildman–Crippen LogP) is 7.35. The lowest BCUT2D eigenvalue weighted by molar-refractivity contribution is -0.0628. The Hall–Kier alpha value is -0.240. The molecule has 0 saturated carbocycles. The van der Waals surface area contributed by atoms with E-state index in [1.165, 1.54) is 163 Å². The molecule has 0 aromatic carbocycles. The molecule has 6 rings (SSSR count). The van der Waals surface area contributed by atoms with Gasteiger partial charge in [-0.15, -0.1) is 0 Å². The Morgan fingerprint density at radius 1 is 0.574 bits per heavy atom. The number of rotatable bonds is 9. The van der Waals surface area contributed by atoms with E-state index in [0.717, 1.165) is 23.8 Å². The Balaban J connectivity index is 0.000000231. The topological polar surface area (TPSA) is 19.4 Å². The van der Waals surface area contributed by atoms with Crippen LogP contribution in [0, 0.1) is 28.6 Å². The van der Waals surface area contributed by atoms with Crippen LogP contribution in [0.5, 0.6) is 0 Å². The summed E-state index contributed by atoms with van der Waals surface area (Å²) in [6.45, 7) is 41.2. The van der Waals surface area contributed by atoms with Gasteiger partial charge in [-0.05, 0) is 173 Å². The van der Waals surface area contributed by atoms with Crippen molar-refractivity contribution in [1.29, 1.82) is 0 Å². The third kappa shape index (κ3) is 12.8. The fourth-order valence-corrected chi connectivity index (χ4v) is 9.56. The van der Waals surface area contributed by atoms with Gasteiger partial charge < -0.3 is 24.5 Å². The van der Waals surface area contributed by atoms with Gasteiger partial charge in [-0.25, -0.2) is 0 Å². The van der Waals surface area contributed by atoms with Crippen molar-refractivity contribution in [2.75, 3.05) is 112 Å². The minimum Gasteiger partial charge on any atom is -0.305 e. The molecular weight excluding hydrogens is 576 g/mol. The van der Waals surface area contributed by atoms with Crippen molar-refractivity contribution in [2.45, 2.75) is 126 Å². The van der Waals surface area contributed by atoms with Crippen LogP contribution in [-0.4, -0.2) is 147 Å². The Labute approximate surface area is 295 Å². The second-order valence-corrected chi connectivity index (χ2v) is 17.1. The first-order valence-corrected chi connectivity index (χ1v) is 21.0. The molecule has 0 amide bonds. The van der Waals surface area contributed by atoms with E-state index in [-0.39, 0.29) is 0 Å². The van der Waals surface area contributed by atoms with E-state index in [9.17, 15) is 0 Å². The summed E-state index contributed by atoms with van der Waals surface area (Å²) in [4.78, 5) is 16.0. The molecular formula is C41H84N6. The second-order valence-electron chi connectivity index (χ2n) is 17.1. The molecule has 6 aliphatic rings. The Bertz CT molecular complexity index is 783. The lowest BCUT2D eigenvalue weighted by atomic mass is 9.71. The molecule has 0 radical (unpaired) electrons. The zero-order chi connectivity index (χ0) is 34.5. The van der Waals surface area contributed by atoms with E-state index in [4.69, 9.17) is 0 Å². The van der Waals surface area contributed by atoms with Crippen LogP contribution in [0.15, 0.2) is 0 Å². The number of hydrogen-bond acceptors (Lipinski definition) is 6. The Morgan fingerprint density at radius 2 is 1.04 bits per heavy atom. The van der Waals surface area contributed by atoms with Crippen LogP contribution >= 0.6 is 0 Å². The smallest absolute Gasteiger partial charge is 0.00541 e. The Morgan fingerprint density at radius 3 is 1.51 bits per heavy atom. The highest BCUT2D eigenvalue weighted by Gasteiger charge is 2.45. The third-order valence-electron chi connectivity index (χ3n) is 12.7. The van der Waals surface area contributed by atoms with E-state index >= 15 is 0 Å². The average molecular weight is 661 g/mol. The molecule has 0 atom stereocenters. The van der Waals surface area contributed by atoms with Gasteiger partial charge in [0.2, 0.25) is 0 Å². The lowest BCUT2D eigenvalue weighted by Gasteiger charge is -2.55. The summed E-state index contributed by atoms with van der Waals surface area (Å²) in [6, 6.07) is 0.748. The molecule has 0 aromatic rings.